The molecule has 0 spiro atoms. The zero-order chi connectivity index (χ0) is 22.1. The van der Waals surface area contributed by atoms with E-state index in [0.29, 0.717) is 28.9 Å². The molecule has 3 amide bonds. The Morgan fingerprint density at radius 3 is 2.29 bits per heavy atom. The number of para-hydroxylation sites is 1. The lowest BCUT2D eigenvalue weighted by Gasteiger charge is -2.23. The molecule has 1 aliphatic rings. The number of unbranched alkanes of at least 4 members (excludes halogenated alkanes) is 1. The molecular weight excluding hydrogens is 390 g/mol. The highest BCUT2D eigenvalue weighted by Crippen LogP contribution is 2.21. The molecular formula is C25H31N3O3. The maximum Gasteiger partial charge on any atom is 0.255 e. The van der Waals surface area contributed by atoms with Crippen LogP contribution in [0.2, 0.25) is 0 Å². The Kier molecular flexibility index (Phi) is 8.21. The van der Waals surface area contributed by atoms with E-state index in [9.17, 15) is 14.4 Å². The monoisotopic (exact) mass is 421 g/mol. The molecule has 2 aromatic carbocycles. The van der Waals surface area contributed by atoms with Crippen molar-refractivity contribution in [3.63, 3.8) is 0 Å². The Labute approximate surface area is 183 Å². The standard InChI is InChI=1S/C25H31N3O3/c1-2-3-13-23(29)26-20-16-14-18(15-17-20)24(30)28-22-12-8-7-11-21(22)25(31)27-19-9-5-4-6-10-19/h7-8,11-12,14-17,19H,2-6,9-10,13H2,1H3,(H,26,29)(H,27,31)(H,28,30). The molecule has 0 unspecified atom stereocenters. The third kappa shape index (κ3) is 6.67. The molecule has 2 aromatic rings. The second-order valence-corrected chi connectivity index (χ2v) is 8.04. The van der Waals surface area contributed by atoms with E-state index in [2.05, 4.69) is 16.0 Å². The van der Waals surface area contributed by atoms with Crippen LogP contribution in [0.25, 0.3) is 0 Å². The summed E-state index contributed by atoms with van der Waals surface area (Å²) in [6, 6.07) is 14.0. The Morgan fingerprint density at radius 1 is 0.871 bits per heavy atom. The number of carbonyl (C=O) groups excluding carboxylic acids is 3. The van der Waals surface area contributed by atoms with Crippen molar-refractivity contribution in [2.75, 3.05) is 10.6 Å². The van der Waals surface area contributed by atoms with Crippen LogP contribution < -0.4 is 16.0 Å². The summed E-state index contributed by atoms with van der Waals surface area (Å²) >= 11 is 0. The normalized spacial score (nSPS) is 14.0. The lowest BCUT2D eigenvalue weighted by Crippen LogP contribution is -2.36. The van der Waals surface area contributed by atoms with Gasteiger partial charge in [0.25, 0.3) is 11.8 Å². The van der Waals surface area contributed by atoms with E-state index < -0.39 is 0 Å². The van der Waals surface area contributed by atoms with Crippen LogP contribution in [-0.4, -0.2) is 23.8 Å². The van der Waals surface area contributed by atoms with Gasteiger partial charge in [0.05, 0.1) is 11.3 Å². The van der Waals surface area contributed by atoms with Gasteiger partial charge in [-0.3, -0.25) is 14.4 Å². The number of hydrogen-bond donors (Lipinski definition) is 3. The Bertz CT molecular complexity index is 902. The maximum atomic E-state index is 12.8. The number of amides is 3. The van der Waals surface area contributed by atoms with E-state index in [1.807, 2.05) is 6.92 Å². The first kappa shape index (κ1) is 22.5. The molecule has 0 atom stereocenters. The van der Waals surface area contributed by atoms with Gasteiger partial charge in [0.15, 0.2) is 0 Å². The number of anilines is 2. The van der Waals surface area contributed by atoms with Crippen molar-refractivity contribution in [3.8, 4) is 0 Å². The first-order valence-corrected chi connectivity index (χ1v) is 11.2. The third-order valence-electron chi connectivity index (χ3n) is 5.55. The van der Waals surface area contributed by atoms with Crippen molar-refractivity contribution in [2.24, 2.45) is 0 Å². The molecule has 1 fully saturated rings. The molecule has 0 aliphatic heterocycles. The molecule has 6 heteroatoms. The fourth-order valence-electron chi connectivity index (χ4n) is 3.76. The second kappa shape index (κ2) is 11.3. The highest BCUT2D eigenvalue weighted by molar-refractivity contribution is 6.09. The van der Waals surface area contributed by atoms with Crippen LogP contribution in [0.1, 0.15) is 79.0 Å². The minimum Gasteiger partial charge on any atom is -0.349 e. The molecule has 0 heterocycles. The van der Waals surface area contributed by atoms with E-state index in [-0.39, 0.29) is 23.8 Å². The van der Waals surface area contributed by atoms with Gasteiger partial charge in [-0.15, -0.1) is 0 Å². The summed E-state index contributed by atoms with van der Waals surface area (Å²) in [5.41, 5.74) is 2.05. The maximum absolute atomic E-state index is 12.8. The average Bonchev–Trinajstić information content (AvgIpc) is 2.79. The molecule has 0 aromatic heterocycles. The van der Waals surface area contributed by atoms with Crippen LogP contribution in [0.3, 0.4) is 0 Å². The first-order valence-electron chi connectivity index (χ1n) is 11.2. The number of carbonyl (C=O) groups is 3. The van der Waals surface area contributed by atoms with Gasteiger partial charge in [0.1, 0.15) is 0 Å². The van der Waals surface area contributed by atoms with E-state index >= 15 is 0 Å². The SMILES string of the molecule is CCCCC(=O)Nc1ccc(C(=O)Nc2ccccc2C(=O)NC2CCCCC2)cc1. The topological polar surface area (TPSA) is 87.3 Å². The lowest BCUT2D eigenvalue weighted by molar-refractivity contribution is -0.116. The Hall–Kier alpha value is -3.15. The molecule has 0 bridgehead atoms. The fraction of sp³-hybridized carbons (Fsp3) is 0.400. The van der Waals surface area contributed by atoms with Gasteiger partial charge < -0.3 is 16.0 Å². The Balaban J connectivity index is 1.62. The van der Waals surface area contributed by atoms with Crippen molar-refractivity contribution >= 4 is 29.1 Å². The average molecular weight is 422 g/mol. The summed E-state index contributed by atoms with van der Waals surface area (Å²) in [6.45, 7) is 2.04. The molecule has 164 valence electrons. The van der Waals surface area contributed by atoms with Gasteiger partial charge in [0, 0.05) is 23.7 Å². The number of hydrogen-bond acceptors (Lipinski definition) is 3. The van der Waals surface area contributed by atoms with Crippen LogP contribution in [0.5, 0.6) is 0 Å². The van der Waals surface area contributed by atoms with E-state index in [1.165, 1.54) is 6.42 Å². The zero-order valence-corrected chi connectivity index (χ0v) is 18.1. The van der Waals surface area contributed by atoms with Crippen LogP contribution in [-0.2, 0) is 4.79 Å². The van der Waals surface area contributed by atoms with Gasteiger partial charge in [-0.1, -0.05) is 44.7 Å². The fourth-order valence-corrected chi connectivity index (χ4v) is 3.76. The van der Waals surface area contributed by atoms with Crippen LogP contribution in [0, 0.1) is 0 Å². The van der Waals surface area contributed by atoms with Crippen LogP contribution >= 0.6 is 0 Å². The summed E-state index contributed by atoms with van der Waals surface area (Å²) in [4.78, 5) is 37.3. The summed E-state index contributed by atoms with van der Waals surface area (Å²) in [6.07, 6.45) is 7.80. The van der Waals surface area contributed by atoms with Crippen molar-refractivity contribution in [1.29, 1.82) is 0 Å². The van der Waals surface area contributed by atoms with Gasteiger partial charge in [-0.25, -0.2) is 0 Å². The van der Waals surface area contributed by atoms with Gasteiger partial charge in [-0.05, 0) is 55.7 Å². The molecule has 6 nitrogen and oxygen atoms in total. The van der Waals surface area contributed by atoms with Crippen LogP contribution in [0.15, 0.2) is 48.5 Å². The largest absolute Gasteiger partial charge is 0.349 e. The molecule has 31 heavy (non-hydrogen) atoms. The minimum atomic E-state index is -0.304. The summed E-state index contributed by atoms with van der Waals surface area (Å²) < 4.78 is 0. The minimum absolute atomic E-state index is 0.0306. The molecule has 1 aliphatic carbocycles. The summed E-state index contributed by atoms with van der Waals surface area (Å²) in [5.74, 6) is -0.494. The van der Waals surface area contributed by atoms with Crippen molar-refractivity contribution in [3.05, 3.63) is 59.7 Å². The van der Waals surface area contributed by atoms with Crippen molar-refractivity contribution in [2.45, 2.75) is 64.3 Å². The third-order valence-corrected chi connectivity index (χ3v) is 5.55. The van der Waals surface area contributed by atoms with E-state index in [1.54, 1.807) is 48.5 Å². The highest BCUT2D eigenvalue weighted by atomic mass is 16.2. The molecule has 3 rings (SSSR count). The quantitative estimate of drug-likeness (QED) is 0.552. The van der Waals surface area contributed by atoms with Gasteiger partial charge in [-0.2, -0.15) is 0 Å². The van der Waals surface area contributed by atoms with Crippen LogP contribution in [0.4, 0.5) is 11.4 Å². The predicted octanol–water partition coefficient (Wildman–Crippen LogP) is 5.13. The van der Waals surface area contributed by atoms with Gasteiger partial charge >= 0.3 is 0 Å². The number of nitrogens with one attached hydrogen (secondary N) is 3. The number of benzene rings is 2. The van der Waals surface area contributed by atoms with E-state index in [4.69, 9.17) is 0 Å². The zero-order valence-electron chi connectivity index (χ0n) is 18.1. The smallest absolute Gasteiger partial charge is 0.255 e. The summed E-state index contributed by atoms with van der Waals surface area (Å²) in [5, 5.41) is 8.78. The first-order chi connectivity index (χ1) is 15.1. The van der Waals surface area contributed by atoms with Gasteiger partial charge in [0.2, 0.25) is 5.91 Å². The Morgan fingerprint density at radius 2 is 1.58 bits per heavy atom. The molecule has 0 radical (unpaired) electrons. The molecule has 0 saturated heterocycles. The lowest BCUT2D eigenvalue weighted by atomic mass is 9.95. The highest BCUT2D eigenvalue weighted by Gasteiger charge is 2.19. The van der Waals surface area contributed by atoms with Crippen molar-refractivity contribution < 1.29 is 14.4 Å². The predicted molar refractivity (Wildman–Crippen MR) is 123 cm³/mol. The molecule has 3 N–H and O–H groups in total. The number of rotatable bonds is 8. The summed E-state index contributed by atoms with van der Waals surface area (Å²) in [7, 11) is 0. The second-order valence-electron chi connectivity index (χ2n) is 8.04. The van der Waals surface area contributed by atoms with E-state index in [0.717, 1.165) is 38.5 Å². The van der Waals surface area contributed by atoms with Crippen molar-refractivity contribution in [1.82, 2.24) is 5.32 Å². The molecule has 1 saturated carbocycles.